The standard InChI is InChI=1S/C10H9BrN4O4S/c1-6-10(5-12-13-6)20(18,19)14-7-2-3-9(15(16)17)8(11)4-7/h2-5,14H,1H3,(H,12,13). The molecule has 0 fully saturated rings. The van der Waals surface area contributed by atoms with Crippen molar-refractivity contribution in [3.8, 4) is 0 Å². The number of hydrogen-bond acceptors (Lipinski definition) is 5. The van der Waals surface area contributed by atoms with Crippen LogP contribution in [0.1, 0.15) is 5.69 Å². The molecule has 10 heteroatoms. The largest absolute Gasteiger partial charge is 0.283 e. The van der Waals surface area contributed by atoms with E-state index < -0.39 is 14.9 Å². The Bertz CT molecular complexity index is 771. The van der Waals surface area contributed by atoms with Crippen LogP contribution in [-0.4, -0.2) is 23.5 Å². The molecule has 106 valence electrons. The van der Waals surface area contributed by atoms with Crippen molar-refractivity contribution in [2.24, 2.45) is 0 Å². The second-order valence-electron chi connectivity index (χ2n) is 3.89. The van der Waals surface area contributed by atoms with E-state index in [0.717, 1.165) is 0 Å². The van der Waals surface area contributed by atoms with Crippen molar-refractivity contribution in [2.75, 3.05) is 4.72 Å². The summed E-state index contributed by atoms with van der Waals surface area (Å²) in [7, 11) is -3.78. The van der Waals surface area contributed by atoms with E-state index in [1.54, 1.807) is 6.92 Å². The number of H-pyrrole nitrogens is 1. The average molecular weight is 361 g/mol. The number of sulfonamides is 1. The molecule has 0 amide bonds. The van der Waals surface area contributed by atoms with Crippen LogP contribution < -0.4 is 4.72 Å². The number of nitro benzene ring substituents is 1. The number of aromatic nitrogens is 2. The number of rotatable bonds is 4. The number of aryl methyl sites for hydroxylation is 1. The van der Waals surface area contributed by atoms with E-state index in [-0.39, 0.29) is 20.7 Å². The maximum absolute atomic E-state index is 12.1. The summed E-state index contributed by atoms with van der Waals surface area (Å²) >= 11 is 3.02. The molecule has 0 radical (unpaired) electrons. The first-order chi connectivity index (χ1) is 9.31. The summed E-state index contributed by atoms with van der Waals surface area (Å²) in [5, 5.41) is 16.8. The molecule has 0 saturated heterocycles. The van der Waals surface area contributed by atoms with E-state index in [4.69, 9.17) is 0 Å². The van der Waals surface area contributed by atoms with Crippen LogP contribution in [0, 0.1) is 17.0 Å². The molecule has 0 unspecified atom stereocenters. The minimum atomic E-state index is -3.78. The van der Waals surface area contributed by atoms with E-state index >= 15 is 0 Å². The number of aromatic amines is 1. The Balaban J connectivity index is 2.33. The van der Waals surface area contributed by atoms with Gasteiger partial charge in [-0.3, -0.25) is 19.9 Å². The Morgan fingerprint density at radius 1 is 1.45 bits per heavy atom. The highest BCUT2D eigenvalue weighted by Gasteiger charge is 2.20. The van der Waals surface area contributed by atoms with E-state index in [1.807, 2.05) is 0 Å². The van der Waals surface area contributed by atoms with Crippen LogP contribution in [0.15, 0.2) is 33.8 Å². The van der Waals surface area contributed by atoms with Gasteiger partial charge in [0.15, 0.2) is 0 Å². The van der Waals surface area contributed by atoms with Crippen molar-refractivity contribution in [1.82, 2.24) is 10.2 Å². The van der Waals surface area contributed by atoms with Crippen LogP contribution in [0.25, 0.3) is 0 Å². The summed E-state index contributed by atoms with van der Waals surface area (Å²) in [4.78, 5) is 10.1. The van der Waals surface area contributed by atoms with E-state index in [0.29, 0.717) is 5.69 Å². The van der Waals surface area contributed by atoms with Gasteiger partial charge in [-0.05, 0) is 35.0 Å². The van der Waals surface area contributed by atoms with Crippen molar-refractivity contribution < 1.29 is 13.3 Å². The Hall–Kier alpha value is -1.94. The molecule has 20 heavy (non-hydrogen) atoms. The predicted molar refractivity (Wildman–Crippen MR) is 74.9 cm³/mol. The third kappa shape index (κ3) is 2.80. The van der Waals surface area contributed by atoms with Gasteiger partial charge in [0.2, 0.25) is 0 Å². The molecule has 0 aliphatic rings. The van der Waals surface area contributed by atoms with Crippen LogP contribution in [-0.2, 0) is 10.0 Å². The number of hydrogen-bond donors (Lipinski definition) is 2. The highest BCUT2D eigenvalue weighted by molar-refractivity contribution is 9.10. The average Bonchev–Trinajstić information content (AvgIpc) is 2.75. The first-order valence-electron chi connectivity index (χ1n) is 5.28. The summed E-state index contributed by atoms with van der Waals surface area (Å²) in [6.07, 6.45) is 1.19. The summed E-state index contributed by atoms with van der Waals surface area (Å²) < 4.78 is 26.7. The molecule has 2 rings (SSSR count). The lowest BCUT2D eigenvalue weighted by Crippen LogP contribution is -2.13. The topological polar surface area (TPSA) is 118 Å². The second kappa shape index (κ2) is 5.21. The highest BCUT2D eigenvalue weighted by atomic mass is 79.9. The number of halogens is 1. The molecule has 8 nitrogen and oxygen atoms in total. The van der Waals surface area contributed by atoms with Crippen LogP contribution >= 0.6 is 15.9 Å². The number of benzene rings is 1. The maximum atomic E-state index is 12.1. The minimum absolute atomic E-state index is 0.0203. The van der Waals surface area contributed by atoms with E-state index in [1.165, 1.54) is 24.4 Å². The molecule has 2 aromatic rings. The summed E-state index contributed by atoms with van der Waals surface area (Å²) in [6.45, 7) is 1.58. The minimum Gasteiger partial charge on any atom is -0.281 e. The first kappa shape index (κ1) is 14.5. The quantitative estimate of drug-likeness (QED) is 0.639. The molecular formula is C10H9BrN4O4S. The van der Waals surface area contributed by atoms with Gasteiger partial charge < -0.3 is 0 Å². The summed E-state index contributed by atoms with van der Waals surface area (Å²) in [6, 6.07) is 3.85. The van der Waals surface area contributed by atoms with Crippen molar-refractivity contribution in [1.29, 1.82) is 0 Å². The lowest BCUT2D eigenvalue weighted by atomic mass is 10.3. The third-order valence-electron chi connectivity index (χ3n) is 2.47. The summed E-state index contributed by atoms with van der Waals surface area (Å²) in [5.41, 5.74) is 0.467. The molecule has 1 heterocycles. The maximum Gasteiger partial charge on any atom is 0.283 e. The van der Waals surface area contributed by atoms with Crippen molar-refractivity contribution in [3.63, 3.8) is 0 Å². The SMILES string of the molecule is Cc1[nH]ncc1S(=O)(=O)Nc1ccc([N+](=O)[O-])c(Br)c1. The van der Waals surface area contributed by atoms with Gasteiger partial charge in [-0.1, -0.05) is 0 Å². The molecule has 0 aliphatic heterocycles. The second-order valence-corrected chi connectivity index (χ2v) is 6.39. The van der Waals surface area contributed by atoms with Crippen LogP contribution in [0.2, 0.25) is 0 Å². The molecule has 0 saturated carbocycles. The van der Waals surface area contributed by atoms with Gasteiger partial charge in [-0.2, -0.15) is 5.10 Å². The van der Waals surface area contributed by atoms with Crippen molar-refractivity contribution in [3.05, 3.63) is 44.7 Å². The van der Waals surface area contributed by atoms with Gasteiger partial charge >= 0.3 is 0 Å². The molecular weight excluding hydrogens is 352 g/mol. The third-order valence-corrected chi connectivity index (χ3v) is 4.60. The lowest BCUT2D eigenvalue weighted by molar-refractivity contribution is -0.385. The fourth-order valence-corrected chi connectivity index (χ4v) is 3.25. The summed E-state index contributed by atoms with van der Waals surface area (Å²) in [5.74, 6) is 0. The lowest BCUT2D eigenvalue weighted by Gasteiger charge is -2.07. The zero-order valence-electron chi connectivity index (χ0n) is 10.1. The normalized spacial score (nSPS) is 11.3. The zero-order valence-corrected chi connectivity index (χ0v) is 12.5. The van der Waals surface area contributed by atoms with E-state index in [2.05, 4.69) is 30.8 Å². The Morgan fingerprint density at radius 3 is 2.65 bits per heavy atom. The van der Waals surface area contributed by atoms with E-state index in [9.17, 15) is 18.5 Å². The molecule has 0 bridgehead atoms. The van der Waals surface area contributed by atoms with Gasteiger partial charge in [0, 0.05) is 6.07 Å². The van der Waals surface area contributed by atoms with Crippen LogP contribution in [0.3, 0.4) is 0 Å². The fourth-order valence-electron chi connectivity index (χ4n) is 1.54. The van der Waals surface area contributed by atoms with Gasteiger partial charge in [0.25, 0.3) is 15.7 Å². The number of anilines is 1. The first-order valence-corrected chi connectivity index (χ1v) is 7.55. The van der Waals surface area contributed by atoms with Crippen LogP contribution in [0.4, 0.5) is 11.4 Å². The molecule has 0 aliphatic carbocycles. The smallest absolute Gasteiger partial charge is 0.281 e. The van der Waals surface area contributed by atoms with Gasteiger partial charge in [-0.15, -0.1) is 0 Å². The van der Waals surface area contributed by atoms with Crippen molar-refractivity contribution in [2.45, 2.75) is 11.8 Å². The Kier molecular flexibility index (Phi) is 3.77. The monoisotopic (exact) mass is 360 g/mol. The van der Waals surface area contributed by atoms with Gasteiger partial charge in [-0.25, -0.2) is 8.42 Å². The zero-order chi connectivity index (χ0) is 14.9. The Labute approximate surface area is 122 Å². The van der Waals surface area contributed by atoms with Gasteiger partial charge in [0.1, 0.15) is 4.90 Å². The van der Waals surface area contributed by atoms with Crippen LogP contribution in [0.5, 0.6) is 0 Å². The molecule has 1 aromatic heterocycles. The Morgan fingerprint density at radius 2 is 2.15 bits per heavy atom. The van der Waals surface area contributed by atoms with Crippen molar-refractivity contribution >= 4 is 37.3 Å². The number of nitrogens with one attached hydrogen (secondary N) is 2. The van der Waals surface area contributed by atoms with Gasteiger partial charge in [0.05, 0.1) is 27.0 Å². The molecule has 2 N–H and O–H groups in total. The predicted octanol–water partition coefficient (Wildman–Crippen LogP) is 2.19. The molecule has 0 atom stereocenters. The molecule has 1 aromatic carbocycles. The number of nitro groups is 1. The number of nitrogens with zero attached hydrogens (tertiary/aromatic N) is 2. The fraction of sp³-hybridized carbons (Fsp3) is 0.100. The molecule has 0 spiro atoms. The highest BCUT2D eigenvalue weighted by Crippen LogP contribution is 2.28.